The van der Waals surface area contributed by atoms with Gasteiger partial charge in [-0.05, 0) is 19.1 Å². The van der Waals surface area contributed by atoms with Crippen molar-refractivity contribution in [3.63, 3.8) is 0 Å². The van der Waals surface area contributed by atoms with Gasteiger partial charge in [-0.3, -0.25) is 9.97 Å². The predicted octanol–water partition coefficient (Wildman–Crippen LogP) is 2.16. The minimum atomic E-state index is 0.576. The summed E-state index contributed by atoms with van der Waals surface area (Å²) in [5.74, 6) is 1.29. The molecule has 2 N–H and O–H groups in total. The van der Waals surface area contributed by atoms with Crippen molar-refractivity contribution in [2.24, 2.45) is 0 Å². The van der Waals surface area contributed by atoms with Crippen molar-refractivity contribution < 1.29 is 4.74 Å². The van der Waals surface area contributed by atoms with Crippen LogP contribution in [0, 0.1) is 6.92 Å². The van der Waals surface area contributed by atoms with Gasteiger partial charge in [0.1, 0.15) is 11.5 Å². The first-order valence-corrected chi connectivity index (χ1v) is 4.55. The van der Waals surface area contributed by atoms with E-state index in [0.717, 1.165) is 5.69 Å². The maximum absolute atomic E-state index is 5.58. The van der Waals surface area contributed by atoms with Gasteiger partial charge in [-0.25, -0.2) is 0 Å². The molecule has 2 rings (SSSR count). The van der Waals surface area contributed by atoms with Gasteiger partial charge in [0.2, 0.25) is 0 Å². The molecule has 2 heterocycles. The van der Waals surface area contributed by atoms with Crippen LogP contribution in [0.2, 0.25) is 0 Å². The molecule has 0 aromatic carbocycles. The maximum atomic E-state index is 5.58. The van der Waals surface area contributed by atoms with E-state index in [1.807, 2.05) is 19.1 Å². The van der Waals surface area contributed by atoms with Crippen LogP contribution in [0.25, 0.3) is 0 Å². The van der Waals surface area contributed by atoms with Gasteiger partial charge in [-0.15, -0.1) is 0 Å². The Morgan fingerprint density at radius 1 is 1.13 bits per heavy atom. The van der Waals surface area contributed by atoms with Crippen molar-refractivity contribution in [2.75, 3.05) is 5.73 Å². The summed E-state index contributed by atoms with van der Waals surface area (Å²) in [6.07, 6.45) is 4.84. The number of aromatic nitrogens is 2. The Labute approximate surface area is 87.7 Å². The molecule has 2 aromatic heterocycles. The maximum Gasteiger partial charge on any atom is 0.147 e. The standard InChI is InChI=1S/C11H11N3O/c1-8-2-3-10(7-14-8)15-11-4-9(12)5-13-6-11/h2-7H,12H2,1H3. The van der Waals surface area contributed by atoms with E-state index < -0.39 is 0 Å². The van der Waals surface area contributed by atoms with E-state index in [1.165, 1.54) is 0 Å². The molecule has 76 valence electrons. The fourth-order valence-electron chi connectivity index (χ4n) is 1.14. The summed E-state index contributed by atoms with van der Waals surface area (Å²) in [4.78, 5) is 8.05. The first-order chi connectivity index (χ1) is 7.24. The quantitative estimate of drug-likeness (QED) is 0.808. The third kappa shape index (κ3) is 2.43. The van der Waals surface area contributed by atoms with Crippen LogP contribution in [0.3, 0.4) is 0 Å². The summed E-state index contributed by atoms with van der Waals surface area (Å²) < 4.78 is 5.51. The van der Waals surface area contributed by atoms with Gasteiger partial charge in [-0.2, -0.15) is 0 Å². The normalized spacial score (nSPS) is 9.93. The Balaban J connectivity index is 2.18. The van der Waals surface area contributed by atoms with Crippen LogP contribution in [0.4, 0.5) is 5.69 Å². The minimum absolute atomic E-state index is 0.576. The topological polar surface area (TPSA) is 61.0 Å². The molecule has 0 amide bonds. The third-order valence-electron chi connectivity index (χ3n) is 1.85. The summed E-state index contributed by atoms with van der Waals surface area (Å²) in [5, 5.41) is 0. The average Bonchev–Trinajstić information content (AvgIpc) is 2.22. The van der Waals surface area contributed by atoms with Crippen molar-refractivity contribution in [1.29, 1.82) is 0 Å². The van der Waals surface area contributed by atoms with Crippen LogP contribution in [0.15, 0.2) is 36.8 Å². The number of nitrogen functional groups attached to an aromatic ring is 1. The van der Waals surface area contributed by atoms with Crippen molar-refractivity contribution in [2.45, 2.75) is 6.92 Å². The van der Waals surface area contributed by atoms with Gasteiger partial charge in [-0.1, -0.05) is 0 Å². The van der Waals surface area contributed by atoms with Crippen LogP contribution in [-0.4, -0.2) is 9.97 Å². The number of aryl methyl sites for hydroxylation is 1. The smallest absolute Gasteiger partial charge is 0.147 e. The molecule has 0 fully saturated rings. The van der Waals surface area contributed by atoms with Crippen molar-refractivity contribution in [3.05, 3.63) is 42.5 Å². The molecule has 0 aliphatic heterocycles. The summed E-state index contributed by atoms with van der Waals surface area (Å²) in [6, 6.07) is 5.45. The van der Waals surface area contributed by atoms with Crippen LogP contribution in [-0.2, 0) is 0 Å². The van der Waals surface area contributed by atoms with Crippen LogP contribution >= 0.6 is 0 Å². The van der Waals surface area contributed by atoms with E-state index in [2.05, 4.69) is 9.97 Å². The van der Waals surface area contributed by atoms with Crippen LogP contribution in [0.5, 0.6) is 11.5 Å². The molecule has 15 heavy (non-hydrogen) atoms. The number of hydrogen-bond donors (Lipinski definition) is 1. The largest absolute Gasteiger partial charge is 0.454 e. The molecule has 0 bridgehead atoms. The Hall–Kier alpha value is -2.10. The molecular formula is C11H11N3O. The lowest BCUT2D eigenvalue weighted by molar-refractivity contribution is 0.478. The first-order valence-electron chi connectivity index (χ1n) is 4.55. The highest BCUT2D eigenvalue weighted by atomic mass is 16.5. The number of pyridine rings is 2. The second-order valence-corrected chi connectivity index (χ2v) is 3.19. The van der Waals surface area contributed by atoms with E-state index >= 15 is 0 Å². The number of hydrogen-bond acceptors (Lipinski definition) is 4. The van der Waals surface area contributed by atoms with Crippen molar-refractivity contribution >= 4 is 5.69 Å². The zero-order chi connectivity index (χ0) is 10.7. The van der Waals surface area contributed by atoms with Crippen molar-refractivity contribution in [3.8, 4) is 11.5 Å². The molecule has 2 aromatic rings. The fourth-order valence-corrected chi connectivity index (χ4v) is 1.14. The Kier molecular flexibility index (Phi) is 2.49. The van der Waals surface area contributed by atoms with Gasteiger partial charge in [0.25, 0.3) is 0 Å². The summed E-state index contributed by atoms with van der Waals surface area (Å²) in [5.41, 5.74) is 7.11. The summed E-state index contributed by atoms with van der Waals surface area (Å²) >= 11 is 0. The molecule has 0 atom stereocenters. The summed E-state index contributed by atoms with van der Waals surface area (Å²) in [6.45, 7) is 1.92. The number of anilines is 1. The van der Waals surface area contributed by atoms with E-state index in [-0.39, 0.29) is 0 Å². The van der Waals surface area contributed by atoms with E-state index in [4.69, 9.17) is 10.5 Å². The first kappa shape index (κ1) is 9.45. The Morgan fingerprint density at radius 3 is 2.67 bits per heavy atom. The molecule has 4 nitrogen and oxygen atoms in total. The number of nitrogens with zero attached hydrogens (tertiary/aromatic N) is 2. The van der Waals surface area contributed by atoms with Crippen LogP contribution in [0.1, 0.15) is 5.69 Å². The van der Waals surface area contributed by atoms with Crippen LogP contribution < -0.4 is 10.5 Å². The molecule has 0 unspecified atom stereocenters. The SMILES string of the molecule is Cc1ccc(Oc2cncc(N)c2)cn1. The van der Waals surface area contributed by atoms with Gasteiger partial charge >= 0.3 is 0 Å². The van der Waals surface area contributed by atoms with E-state index in [9.17, 15) is 0 Å². The zero-order valence-corrected chi connectivity index (χ0v) is 8.34. The molecule has 4 heteroatoms. The van der Waals surface area contributed by atoms with Gasteiger partial charge in [0, 0.05) is 11.8 Å². The second kappa shape index (κ2) is 3.96. The monoisotopic (exact) mass is 201 g/mol. The number of ether oxygens (including phenoxy) is 1. The second-order valence-electron chi connectivity index (χ2n) is 3.19. The zero-order valence-electron chi connectivity index (χ0n) is 8.34. The number of rotatable bonds is 2. The molecule has 0 aliphatic rings. The van der Waals surface area contributed by atoms with Gasteiger partial charge in [0.05, 0.1) is 24.3 Å². The van der Waals surface area contributed by atoms with Gasteiger partial charge in [0.15, 0.2) is 0 Å². The molecule has 0 saturated carbocycles. The molecule has 0 spiro atoms. The van der Waals surface area contributed by atoms with Crippen molar-refractivity contribution in [1.82, 2.24) is 9.97 Å². The molecule has 0 saturated heterocycles. The molecular weight excluding hydrogens is 190 g/mol. The van der Waals surface area contributed by atoms with E-state index in [1.54, 1.807) is 24.7 Å². The third-order valence-corrected chi connectivity index (χ3v) is 1.85. The molecule has 0 radical (unpaired) electrons. The molecule has 0 aliphatic carbocycles. The highest BCUT2D eigenvalue weighted by molar-refractivity contribution is 5.41. The highest BCUT2D eigenvalue weighted by Crippen LogP contribution is 2.20. The van der Waals surface area contributed by atoms with E-state index in [0.29, 0.717) is 17.2 Å². The lowest BCUT2D eigenvalue weighted by Gasteiger charge is -2.05. The summed E-state index contributed by atoms with van der Waals surface area (Å²) in [7, 11) is 0. The predicted molar refractivity (Wildman–Crippen MR) is 57.7 cm³/mol. The number of nitrogens with two attached hydrogens (primary N) is 1. The fraction of sp³-hybridized carbons (Fsp3) is 0.0909. The highest BCUT2D eigenvalue weighted by Gasteiger charge is 1.98. The lowest BCUT2D eigenvalue weighted by atomic mass is 10.3. The minimum Gasteiger partial charge on any atom is -0.454 e. The Bertz CT molecular complexity index is 454. The lowest BCUT2D eigenvalue weighted by Crippen LogP contribution is -1.90. The Morgan fingerprint density at radius 2 is 2.00 bits per heavy atom. The average molecular weight is 201 g/mol. The van der Waals surface area contributed by atoms with Gasteiger partial charge < -0.3 is 10.5 Å².